The Hall–Kier alpha value is -1.46. The SMILES string of the molecule is FC(F)=C(F)C(c1ccccc1)C(F)(F)F. The Balaban J connectivity index is 3.24. The summed E-state index contributed by atoms with van der Waals surface area (Å²) in [6.07, 6.45) is -8.04. The standard InChI is InChI=1S/C10H6F6/c11-8(9(12)13)7(10(14,15)16)6-4-2-1-3-5-6/h1-5,7H. The predicted octanol–water partition coefficient (Wildman–Crippen LogP) is 4.41. The van der Waals surface area contributed by atoms with E-state index in [9.17, 15) is 26.3 Å². The van der Waals surface area contributed by atoms with Gasteiger partial charge in [0.1, 0.15) is 5.92 Å². The van der Waals surface area contributed by atoms with E-state index in [2.05, 4.69) is 0 Å². The number of allylic oxidation sites excluding steroid dienone is 1. The summed E-state index contributed by atoms with van der Waals surface area (Å²) in [4.78, 5) is 0. The minimum absolute atomic E-state index is 0.555. The van der Waals surface area contributed by atoms with Gasteiger partial charge in [-0.2, -0.15) is 22.0 Å². The highest BCUT2D eigenvalue weighted by Gasteiger charge is 2.45. The first kappa shape index (κ1) is 12.6. The molecular weight excluding hydrogens is 234 g/mol. The van der Waals surface area contributed by atoms with Crippen LogP contribution >= 0.6 is 0 Å². The maximum Gasteiger partial charge on any atom is 0.402 e. The van der Waals surface area contributed by atoms with Crippen LogP contribution in [0.2, 0.25) is 0 Å². The van der Waals surface area contributed by atoms with Crippen LogP contribution in [0.15, 0.2) is 42.2 Å². The highest BCUT2D eigenvalue weighted by atomic mass is 19.4. The monoisotopic (exact) mass is 240 g/mol. The van der Waals surface area contributed by atoms with E-state index >= 15 is 0 Å². The van der Waals surface area contributed by atoms with E-state index in [1.165, 1.54) is 18.2 Å². The minimum atomic E-state index is -5.09. The molecule has 1 rings (SSSR count). The van der Waals surface area contributed by atoms with Crippen molar-refractivity contribution in [3.63, 3.8) is 0 Å². The summed E-state index contributed by atoms with van der Waals surface area (Å²) in [6, 6.07) is 5.74. The lowest BCUT2D eigenvalue weighted by atomic mass is 9.97. The van der Waals surface area contributed by atoms with Crippen LogP contribution in [-0.2, 0) is 0 Å². The molecule has 0 aromatic heterocycles. The number of hydrogen-bond acceptors (Lipinski definition) is 0. The average molecular weight is 240 g/mol. The summed E-state index contributed by atoms with van der Waals surface area (Å²) < 4.78 is 73.8. The van der Waals surface area contributed by atoms with Crippen LogP contribution in [-0.4, -0.2) is 6.18 Å². The maximum absolute atomic E-state index is 12.8. The van der Waals surface area contributed by atoms with E-state index in [0.29, 0.717) is 0 Å². The van der Waals surface area contributed by atoms with E-state index in [1.807, 2.05) is 0 Å². The van der Waals surface area contributed by atoms with Crippen LogP contribution in [0.25, 0.3) is 0 Å². The lowest BCUT2D eigenvalue weighted by molar-refractivity contribution is -0.146. The minimum Gasteiger partial charge on any atom is -0.205 e. The fourth-order valence-electron chi connectivity index (χ4n) is 1.23. The van der Waals surface area contributed by atoms with E-state index in [1.54, 1.807) is 0 Å². The molecule has 0 bridgehead atoms. The van der Waals surface area contributed by atoms with E-state index in [-0.39, 0.29) is 0 Å². The molecule has 0 aliphatic carbocycles. The van der Waals surface area contributed by atoms with Crippen LogP contribution in [0, 0.1) is 0 Å². The number of rotatable bonds is 2. The molecule has 0 heterocycles. The number of benzene rings is 1. The summed E-state index contributed by atoms with van der Waals surface area (Å²) in [5.41, 5.74) is -0.555. The molecule has 1 aromatic carbocycles. The average Bonchev–Trinajstić information content (AvgIpc) is 2.17. The van der Waals surface area contributed by atoms with Gasteiger partial charge in [-0.3, -0.25) is 0 Å². The molecular formula is C10H6F6. The molecule has 0 N–H and O–H groups in total. The summed E-state index contributed by atoms with van der Waals surface area (Å²) in [5.74, 6) is -5.36. The van der Waals surface area contributed by atoms with Crippen LogP contribution in [0.4, 0.5) is 26.3 Å². The molecule has 0 aliphatic heterocycles. The van der Waals surface area contributed by atoms with Crippen LogP contribution in [0.3, 0.4) is 0 Å². The highest BCUT2D eigenvalue weighted by molar-refractivity contribution is 5.28. The van der Waals surface area contributed by atoms with Crippen molar-refractivity contribution in [2.45, 2.75) is 12.1 Å². The first-order valence-corrected chi connectivity index (χ1v) is 4.16. The van der Waals surface area contributed by atoms with Gasteiger partial charge in [0.15, 0.2) is 5.83 Å². The van der Waals surface area contributed by atoms with Gasteiger partial charge in [0, 0.05) is 0 Å². The summed E-state index contributed by atoms with van der Waals surface area (Å²) in [7, 11) is 0. The van der Waals surface area contributed by atoms with E-state index in [0.717, 1.165) is 12.1 Å². The van der Waals surface area contributed by atoms with E-state index in [4.69, 9.17) is 0 Å². The van der Waals surface area contributed by atoms with Gasteiger partial charge in [0.2, 0.25) is 0 Å². The van der Waals surface area contributed by atoms with Crippen molar-refractivity contribution in [1.82, 2.24) is 0 Å². The molecule has 1 unspecified atom stereocenters. The first-order chi connectivity index (χ1) is 7.34. The second-order valence-corrected chi connectivity index (χ2v) is 2.99. The number of hydrogen-bond donors (Lipinski definition) is 0. The van der Waals surface area contributed by atoms with Crippen LogP contribution in [0.5, 0.6) is 0 Å². The van der Waals surface area contributed by atoms with Gasteiger partial charge >= 0.3 is 12.3 Å². The zero-order valence-electron chi connectivity index (χ0n) is 7.73. The Morgan fingerprint density at radius 3 is 1.81 bits per heavy atom. The fourth-order valence-corrected chi connectivity index (χ4v) is 1.23. The van der Waals surface area contributed by atoms with Gasteiger partial charge in [0.05, 0.1) is 0 Å². The Morgan fingerprint density at radius 2 is 1.44 bits per heavy atom. The van der Waals surface area contributed by atoms with Gasteiger partial charge in [-0.05, 0) is 5.56 Å². The molecule has 0 nitrogen and oxygen atoms in total. The van der Waals surface area contributed by atoms with Crippen molar-refractivity contribution in [3.05, 3.63) is 47.8 Å². The zero-order valence-corrected chi connectivity index (χ0v) is 7.73. The largest absolute Gasteiger partial charge is 0.402 e. The molecule has 88 valence electrons. The van der Waals surface area contributed by atoms with Crippen molar-refractivity contribution in [2.75, 3.05) is 0 Å². The fraction of sp³-hybridized carbons (Fsp3) is 0.200. The Bertz CT molecular complexity index is 374. The second kappa shape index (κ2) is 4.59. The predicted molar refractivity (Wildman–Crippen MR) is 45.6 cm³/mol. The van der Waals surface area contributed by atoms with Gasteiger partial charge in [-0.1, -0.05) is 30.3 Å². The summed E-state index contributed by atoms with van der Waals surface area (Å²) in [6.45, 7) is 0. The number of alkyl halides is 3. The molecule has 0 fully saturated rings. The first-order valence-electron chi connectivity index (χ1n) is 4.16. The molecule has 6 heteroatoms. The third-order valence-corrected chi connectivity index (χ3v) is 1.89. The molecule has 0 aliphatic rings. The molecule has 0 saturated heterocycles. The van der Waals surface area contributed by atoms with Gasteiger partial charge in [0.25, 0.3) is 0 Å². The lowest BCUT2D eigenvalue weighted by Gasteiger charge is -2.18. The third kappa shape index (κ3) is 2.77. The quantitative estimate of drug-likeness (QED) is 0.671. The van der Waals surface area contributed by atoms with Crippen molar-refractivity contribution < 1.29 is 26.3 Å². The zero-order chi connectivity index (χ0) is 12.3. The Labute approximate surface area is 87.2 Å². The molecule has 0 spiro atoms. The third-order valence-electron chi connectivity index (χ3n) is 1.89. The van der Waals surface area contributed by atoms with Crippen LogP contribution in [0.1, 0.15) is 11.5 Å². The van der Waals surface area contributed by atoms with Crippen molar-refractivity contribution in [2.24, 2.45) is 0 Å². The van der Waals surface area contributed by atoms with Crippen molar-refractivity contribution in [1.29, 1.82) is 0 Å². The molecule has 0 amide bonds. The van der Waals surface area contributed by atoms with E-state index < -0.39 is 29.6 Å². The van der Waals surface area contributed by atoms with Crippen molar-refractivity contribution in [3.8, 4) is 0 Å². The van der Waals surface area contributed by atoms with Gasteiger partial charge < -0.3 is 0 Å². The van der Waals surface area contributed by atoms with Crippen molar-refractivity contribution >= 4 is 0 Å². The van der Waals surface area contributed by atoms with Crippen LogP contribution < -0.4 is 0 Å². The maximum atomic E-state index is 12.8. The van der Waals surface area contributed by atoms with Gasteiger partial charge in [-0.15, -0.1) is 0 Å². The molecule has 0 saturated carbocycles. The summed E-state index contributed by atoms with van der Waals surface area (Å²) in [5, 5.41) is 0. The Morgan fingerprint density at radius 1 is 0.938 bits per heavy atom. The lowest BCUT2D eigenvalue weighted by Crippen LogP contribution is -2.21. The molecule has 0 radical (unpaired) electrons. The number of halogens is 6. The smallest absolute Gasteiger partial charge is 0.205 e. The molecule has 1 aromatic rings. The highest BCUT2D eigenvalue weighted by Crippen LogP contribution is 2.42. The molecule has 1 atom stereocenters. The topological polar surface area (TPSA) is 0 Å². The van der Waals surface area contributed by atoms with Gasteiger partial charge in [-0.25, -0.2) is 4.39 Å². The normalized spacial score (nSPS) is 13.4. The summed E-state index contributed by atoms with van der Waals surface area (Å²) >= 11 is 0. The molecule has 16 heavy (non-hydrogen) atoms. The second-order valence-electron chi connectivity index (χ2n) is 2.99. The Kier molecular flexibility index (Phi) is 3.62.